The van der Waals surface area contributed by atoms with Crippen LogP contribution in [0.2, 0.25) is 0 Å². The van der Waals surface area contributed by atoms with Gasteiger partial charge in [-0.1, -0.05) is 26.0 Å². The average Bonchev–Trinajstić information content (AvgIpc) is 2.43. The second-order valence-corrected chi connectivity index (χ2v) is 4.73. The molecule has 0 bridgehead atoms. The topological polar surface area (TPSA) is 38.5 Å². The zero-order valence-electron chi connectivity index (χ0n) is 12.0. The molecule has 0 amide bonds. The van der Waals surface area contributed by atoms with Gasteiger partial charge in [0.15, 0.2) is 0 Å². The van der Waals surface area contributed by atoms with Crippen LogP contribution in [0.4, 0.5) is 0 Å². The molecule has 3 heteroatoms. The zero-order chi connectivity index (χ0) is 13.5. The Bertz CT molecular complexity index is 354. The number of nitrogens with two attached hydrogens (primary N) is 1. The molecule has 0 heterocycles. The summed E-state index contributed by atoms with van der Waals surface area (Å²) in [6.45, 7) is 8.57. The smallest absolute Gasteiger partial charge is 0.119 e. The SMILES string of the molecule is CCC(C)N(CC)CC(N)c1cccc(OC)c1. The van der Waals surface area contributed by atoms with E-state index in [9.17, 15) is 0 Å². The Morgan fingerprint density at radius 1 is 1.33 bits per heavy atom. The van der Waals surface area contributed by atoms with Crippen LogP contribution in [0.15, 0.2) is 24.3 Å². The lowest BCUT2D eigenvalue weighted by molar-refractivity contribution is 0.202. The molecule has 2 N–H and O–H groups in total. The minimum Gasteiger partial charge on any atom is -0.497 e. The fourth-order valence-corrected chi connectivity index (χ4v) is 2.11. The number of hydrogen-bond donors (Lipinski definition) is 1. The van der Waals surface area contributed by atoms with E-state index in [0.717, 1.165) is 30.8 Å². The van der Waals surface area contributed by atoms with Crippen molar-refractivity contribution in [3.63, 3.8) is 0 Å². The maximum absolute atomic E-state index is 6.29. The van der Waals surface area contributed by atoms with E-state index >= 15 is 0 Å². The van der Waals surface area contributed by atoms with Gasteiger partial charge in [-0.15, -0.1) is 0 Å². The molecule has 1 aromatic carbocycles. The van der Waals surface area contributed by atoms with Gasteiger partial charge in [-0.2, -0.15) is 0 Å². The van der Waals surface area contributed by atoms with Crippen LogP contribution in [0, 0.1) is 0 Å². The highest BCUT2D eigenvalue weighted by atomic mass is 16.5. The Kier molecular flexibility index (Phi) is 6.16. The molecule has 2 atom stereocenters. The van der Waals surface area contributed by atoms with Crippen LogP contribution in [0.3, 0.4) is 0 Å². The number of ether oxygens (including phenoxy) is 1. The Labute approximate surface area is 111 Å². The molecule has 0 aliphatic rings. The van der Waals surface area contributed by atoms with E-state index in [0.29, 0.717) is 6.04 Å². The third-order valence-electron chi connectivity index (χ3n) is 3.57. The number of benzene rings is 1. The summed E-state index contributed by atoms with van der Waals surface area (Å²) in [4.78, 5) is 2.42. The van der Waals surface area contributed by atoms with Gasteiger partial charge in [0.25, 0.3) is 0 Å². The molecular weight excluding hydrogens is 224 g/mol. The fraction of sp³-hybridized carbons (Fsp3) is 0.600. The summed E-state index contributed by atoms with van der Waals surface area (Å²) in [6, 6.07) is 8.64. The summed E-state index contributed by atoms with van der Waals surface area (Å²) in [5, 5.41) is 0. The standard InChI is InChI=1S/C15H26N2O/c1-5-12(3)17(6-2)11-15(16)13-8-7-9-14(10-13)18-4/h7-10,12,15H,5-6,11,16H2,1-4H3. The molecule has 0 fully saturated rings. The van der Waals surface area contributed by atoms with Gasteiger partial charge in [-0.25, -0.2) is 0 Å². The van der Waals surface area contributed by atoms with E-state index < -0.39 is 0 Å². The zero-order valence-corrected chi connectivity index (χ0v) is 12.0. The third kappa shape index (κ3) is 4.00. The molecule has 102 valence electrons. The summed E-state index contributed by atoms with van der Waals surface area (Å²) in [6.07, 6.45) is 1.15. The number of nitrogens with zero attached hydrogens (tertiary/aromatic N) is 1. The van der Waals surface area contributed by atoms with Crippen molar-refractivity contribution in [2.45, 2.75) is 39.3 Å². The third-order valence-corrected chi connectivity index (χ3v) is 3.57. The summed E-state index contributed by atoms with van der Waals surface area (Å²) < 4.78 is 5.24. The first-order valence-electron chi connectivity index (χ1n) is 6.75. The maximum Gasteiger partial charge on any atom is 0.119 e. The largest absolute Gasteiger partial charge is 0.497 e. The van der Waals surface area contributed by atoms with Crippen LogP contribution in [-0.2, 0) is 0 Å². The van der Waals surface area contributed by atoms with Crippen molar-refractivity contribution in [1.82, 2.24) is 4.90 Å². The van der Waals surface area contributed by atoms with Crippen molar-refractivity contribution in [3.8, 4) is 5.75 Å². The van der Waals surface area contributed by atoms with Crippen molar-refractivity contribution < 1.29 is 4.74 Å². The highest BCUT2D eigenvalue weighted by molar-refractivity contribution is 5.30. The number of hydrogen-bond acceptors (Lipinski definition) is 3. The lowest BCUT2D eigenvalue weighted by Gasteiger charge is -2.29. The van der Waals surface area contributed by atoms with Crippen LogP contribution in [-0.4, -0.2) is 31.1 Å². The van der Waals surface area contributed by atoms with Gasteiger partial charge in [0.1, 0.15) is 5.75 Å². The maximum atomic E-state index is 6.29. The van der Waals surface area contributed by atoms with Crippen LogP contribution >= 0.6 is 0 Å². The van der Waals surface area contributed by atoms with Crippen molar-refractivity contribution in [2.24, 2.45) is 5.73 Å². The Hall–Kier alpha value is -1.06. The van der Waals surface area contributed by atoms with Gasteiger partial charge in [0, 0.05) is 18.6 Å². The van der Waals surface area contributed by atoms with Gasteiger partial charge in [-0.05, 0) is 37.6 Å². The highest BCUT2D eigenvalue weighted by Gasteiger charge is 2.15. The van der Waals surface area contributed by atoms with Gasteiger partial charge >= 0.3 is 0 Å². The second-order valence-electron chi connectivity index (χ2n) is 4.73. The van der Waals surface area contributed by atoms with E-state index in [1.807, 2.05) is 18.2 Å². The van der Waals surface area contributed by atoms with Crippen LogP contribution < -0.4 is 10.5 Å². The molecule has 0 aromatic heterocycles. The Morgan fingerprint density at radius 2 is 2.06 bits per heavy atom. The molecule has 0 spiro atoms. The Morgan fingerprint density at radius 3 is 2.61 bits per heavy atom. The van der Waals surface area contributed by atoms with Gasteiger partial charge in [-0.3, -0.25) is 4.90 Å². The van der Waals surface area contributed by atoms with Gasteiger partial charge in [0.2, 0.25) is 0 Å². The number of rotatable bonds is 7. The molecule has 3 nitrogen and oxygen atoms in total. The van der Waals surface area contributed by atoms with E-state index in [1.54, 1.807) is 7.11 Å². The molecule has 0 radical (unpaired) electrons. The number of likely N-dealkylation sites (N-methyl/N-ethyl adjacent to an activating group) is 1. The highest BCUT2D eigenvalue weighted by Crippen LogP contribution is 2.19. The lowest BCUT2D eigenvalue weighted by Crippen LogP contribution is -2.38. The molecular formula is C15H26N2O. The molecule has 0 aliphatic heterocycles. The van der Waals surface area contributed by atoms with Crippen LogP contribution in [0.5, 0.6) is 5.75 Å². The van der Waals surface area contributed by atoms with Crippen molar-refractivity contribution >= 4 is 0 Å². The first-order chi connectivity index (χ1) is 8.62. The summed E-state index contributed by atoms with van der Waals surface area (Å²) in [5.41, 5.74) is 7.43. The normalized spacial score (nSPS) is 14.6. The predicted molar refractivity (Wildman–Crippen MR) is 76.9 cm³/mol. The Balaban J connectivity index is 2.70. The van der Waals surface area contributed by atoms with E-state index in [4.69, 9.17) is 10.5 Å². The average molecular weight is 250 g/mol. The van der Waals surface area contributed by atoms with Crippen LogP contribution in [0.1, 0.15) is 38.8 Å². The molecule has 0 aliphatic carbocycles. The lowest BCUT2D eigenvalue weighted by atomic mass is 10.1. The molecule has 0 saturated heterocycles. The van der Waals surface area contributed by atoms with Crippen molar-refractivity contribution in [1.29, 1.82) is 0 Å². The molecule has 1 rings (SSSR count). The van der Waals surface area contributed by atoms with Crippen LogP contribution in [0.25, 0.3) is 0 Å². The molecule has 18 heavy (non-hydrogen) atoms. The van der Waals surface area contributed by atoms with E-state index in [-0.39, 0.29) is 6.04 Å². The molecule has 0 saturated carbocycles. The summed E-state index contributed by atoms with van der Waals surface area (Å²) in [7, 11) is 1.68. The molecule has 2 unspecified atom stereocenters. The molecule has 1 aromatic rings. The minimum absolute atomic E-state index is 0.0362. The fourth-order valence-electron chi connectivity index (χ4n) is 2.11. The summed E-state index contributed by atoms with van der Waals surface area (Å²) >= 11 is 0. The van der Waals surface area contributed by atoms with E-state index in [2.05, 4.69) is 31.7 Å². The first-order valence-corrected chi connectivity index (χ1v) is 6.75. The van der Waals surface area contributed by atoms with Gasteiger partial charge in [0.05, 0.1) is 7.11 Å². The second kappa shape index (κ2) is 7.39. The number of methoxy groups -OCH3 is 1. The van der Waals surface area contributed by atoms with E-state index in [1.165, 1.54) is 0 Å². The van der Waals surface area contributed by atoms with Gasteiger partial charge < -0.3 is 10.5 Å². The first kappa shape index (κ1) is 15.0. The summed E-state index contributed by atoms with van der Waals surface area (Å²) in [5.74, 6) is 0.870. The van der Waals surface area contributed by atoms with Crippen molar-refractivity contribution in [3.05, 3.63) is 29.8 Å². The van der Waals surface area contributed by atoms with Crippen molar-refractivity contribution in [2.75, 3.05) is 20.2 Å². The minimum atomic E-state index is 0.0362. The predicted octanol–water partition coefficient (Wildman–Crippen LogP) is 2.82. The quantitative estimate of drug-likeness (QED) is 0.808. The monoisotopic (exact) mass is 250 g/mol.